The summed E-state index contributed by atoms with van der Waals surface area (Å²) in [5.74, 6) is 0.507. The van der Waals surface area contributed by atoms with E-state index in [4.69, 9.17) is 30.0 Å². The van der Waals surface area contributed by atoms with Crippen molar-refractivity contribution < 1.29 is 31.6 Å². The van der Waals surface area contributed by atoms with Crippen LogP contribution < -0.4 is 13.7 Å². The molecule has 0 radical (unpaired) electrons. The van der Waals surface area contributed by atoms with Gasteiger partial charge in [0, 0.05) is 22.2 Å². The van der Waals surface area contributed by atoms with Crippen LogP contribution in [0.15, 0.2) is 65.3 Å². The monoisotopic (exact) mass is 484 g/mol. The Morgan fingerprint density at radius 1 is 1.06 bits per heavy atom. The molecule has 2 aliphatic heterocycles. The van der Waals surface area contributed by atoms with E-state index < -0.39 is 10.1 Å². The van der Waals surface area contributed by atoms with Crippen molar-refractivity contribution in [3.63, 3.8) is 0 Å². The topological polar surface area (TPSA) is 88.1 Å². The van der Waals surface area contributed by atoms with Gasteiger partial charge in [-0.15, -0.1) is 0 Å². The number of fused-ring (bicyclic) bond motifs is 2. The fourth-order valence-corrected chi connectivity index (χ4v) is 4.73. The lowest BCUT2D eigenvalue weighted by atomic mass is 10.1. The summed E-state index contributed by atoms with van der Waals surface area (Å²) >= 11 is 6.19. The minimum absolute atomic E-state index is 0.0286. The second-order valence-corrected chi connectivity index (χ2v) is 9.52. The van der Waals surface area contributed by atoms with Gasteiger partial charge in [0.15, 0.2) is 12.6 Å². The maximum atomic E-state index is 12.9. The Morgan fingerprint density at radius 2 is 1.85 bits per heavy atom. The maximum absolute atomic E-state index is 12.9. The SMILES string of the molecule is Cc1ccc(S(=O)(=O)Oc2ccc3c(c2)O/C(=C\c2cc(Cl)cc4c2OCOC4)C3=O)cc1. The van der Waals surface area contributed by atoms with Crippen LogP contribution in [0.5, 0.6) is 17.2 Å². The van der Waals surface area contributed by atoms with Crippen molar-refractivity contribution in [2.45, 2.75) is 18.4 Å². The molecule has 0 amide bonds. The fourth-order valence-electron chi connectivity index (χ4n) is 3.56. The van der Waals surface area contributed by atoms with E-state index in [1.54, 1.807) is 30.3 Å². The Morgan fingerprint density at radius 3 is 2.64 bits per heavy atom. The first-order chi connectivity index (χ1) is 15.8. The van der Waals surface area contributed by atoms with E-state index in [1.165, 1.54) is 30.3 Å². The lowest BCUT2D eigenvalue weighted by Gasteiger charge is -2.20. The first-order valence-corrected chi connectivity index (χ1v) is 11.7. The summed E-state index contributed by atoms with van der Waals surface area (Å²) in [5.41, 5.74) is 2.56. The smallest absolute Gasteiger partial charge is 0.339 e. The summed E-state index contributed by atoms with van der Waals surface area (Å²) in [6.45, 7) is 2.30. The Bertz CT molecular complexity index is 1410. The van der Waals surface area contributed by atoms with Gasteiger partial charge in [0.25, 0.3) is 0 Å². The summed E-state index contributed by atoms with van der Waals surface area (Å²) in [6, 6.07) is 14.0. The van der Waals surface area contributed by atoms with Gasteiger partial charge in [-0.05, 0) is 49.4 Å². The normalized spacial score (nSPS) is 16.1. The Labute approximate surface area is 195 Å². The summed E-state index contributed by atoms with van der Waals surface area (Å²) in [5, 5.41) is 0.467. The Kier molecular flexibility index (Phi) is 5.36. The molecule has 0 saturated heterocycles. The van der Waals surface area contributed by atoms with Crippen molar-refractivity contribution in [3.8, 4) is 17.2 Å². The molecule has 5 rings (SSSR count). The molecule has 0 N–H and O–H groups in total. The number of benzene rings is 3. The van der Waals surface area contributed by atoms with E-state index in [9.17, 15) is 13.2 Å². The van der Waals surface area contributed by atoms with Crippen LogP contribution in [0, 0.1) is 6.92 Å². The van der Waals surface area contributed by atoms with Crippen molar-refractivity contribution in [1.82, 2.24) is 0 Å². The van der Waals surface area contributed by atoms with Gasteiger partial charge in [0.05, 0.1) is 12.2 Å². The van der Waals surface area contributed by atoms with Crippen LogP contribution >= 0.6 is 11.6 Å². The molecule has 0 unspecified atom stereocenters. The minimum Gasteiger partial charge on any atom is -0.467 e. The van der Waals surface area contributed by atoms with E-state index in [2.05, 4.69) is 0 Å². The van der Waals surface area contributed by atoms with Crippen LogP contribution in [0.25, 0.3) is 6.08 Å². The van der Waals surface area contributed by atoms with Gasteiger partial charge >= 0.3 is 10.1 Å². The lowest BCUT2D eigenvalue weighted by molar-refractivity contribution is -0.0165. The first kappa shape index (κ1) is 21.5. The zero-order valence-corrected chi connectivity index (χ0v) is 18.9. The molecule has 0 atom stereocenters. The number of aryl methyl sites for hydroxylation is 1. The molecule has 0 spiro atoms. The van der Waals surface area contributed by atoms with Crippen LogP contribution in [0.1, 0.15) is 27.0 Å². The quantitative estimate of drug-likeness (QED) is 0.384. The van der Waals surface area contributed by atoms with Crippen LogP contribution in [-0.4, -0.2) is 21.0 Å². The van der Waals surface area contributed by atoms with E-state index in [-0.39, 0.29) is 34.7 Å². The summed E-state index contributed by atoms with van der Waals surface area (Å²) < 4.78 is 47.0. The maximum Gasteiger partial charge on any atom is 0.339 e. The molecule has 0 bridgehead atoms. The van der Waals surface area contributed by atoms with Gasteiger partial charge in [-0.2, -0.15) is 8.42 Å². The summed E-state index contributed by atoms with van der Waals surface area (Å²) in [7, 11) is -4.04. The van der Waals surface area contributed by atoms with Crippen molar-refractivity contribution in [1.29, 1.82) is 0 Å². The van der Waals surface area contributed by atoms with Crippen molar-refractivity contribution >= 4 is 33.6 Å². The highest BCUT2D eigenvalue weighted by molar-refractivity contribution is 7.87. The standard InChI is InChI=1S/C24H17ClO7S/c1-14-2-5-19(6-3-14)33(27,28)32-18-4-7-20-21(11-18)31-22(23(20)26)10-15-8-17(25)9-16-12-29-13-30-24(15)16/h2-11H,12-13H2,1H3/b22-10-. The number of ketones is 1. The van der Waals surface area contributed by atoms with E-state index in [0.717, 1.165) is 11.1 Å². The van der Waals surface area contributed by atoms with Gasteiger partial charge in [-0.25, -0.2) is 0 Å². The lowest BCUT2D eigenvalue weighted by Crippen LogP contribution is -2.12. The number of rotatable bonds is 4. The summed E-state index contributed by atoms with van der Waals surface area (Å²) in [6.07, 6.45) is 1.54. The van der Waals surface area contributed by atoms with Gasteiger partial charge in [0.2, 0.25) is 5.78 Å². The van der Waals surface area contributed by atoms with Crippen molar-refractivity contribution in [2.75, 3.05) is 6.79 Å². The number of halogens is 1. The van der Waals surface area contributed by atoms with Crippen LogP contribution in [0.3, 0.4) is 0 Å². The van der Waals surface area contributed by atoms with Gasteiger partial charge in [-0.1, -0.05) is 29.3 Å². The predicted molar refractivity (Wildman–Crippen MR) is 120 cm³/mol. The second-order valence-electron chi connectivity index (χ2n) is 7.54. The average Bonchev–Trinajstić information content (AvgIpc) is 3.08. The molecule has 2 aliphatic rings. The molecule has 0 saturated carbocycles. The molecule has 2 heterocycles. The summed E-state index contributed by atoms with van der Waals surface area (Å²) in [4.78, 5) is 12.9. The molecule has 33 heavy (non-hydrogen) atoms. The third-order valence-corrected chi connectivity index (χ3v) is 6.63. The van der Waals surface area contributed by atoms with Crippen LogP contribution in [-0.2, 0) is 21.5 Å². The number of ether oxygens (including phenoxy) is 3. The molecular weight excluding hydrogens is 468 g/mol. The van der Waals surface area contributed by atoms with Crippen molar-refractivity contribution in [3.05, 3.63) is 87.6 Å². The van der Waals surface area contributed by atoms with Gasteiger partial charge in [-0.3, -0.25) is 4.79 Å². The van der Waals surface area contributed by atoms with Crippen LogP contribution in [0.4, 0.5) is 0 Å². The molecule has 3 aromatic rings. The second kappa shape index (κ2) is 8.22. The number of carbonyl (C=O) groups is 1. The number of Topliss-reactive ketones (excluding diaryl/α,β-unsaturated/α-hetero) is 1. The molecule has 9 heteroatoms. The molecule has 0 fully saturated rings. The molecule has 3 aromatic carbocycles. The highest BCUT2D eigenvalue weighted by atomic mass is 35.5. The zero-order chi connectivity index (χ0) is 23.2. The van der Waals surface area contributed by atoms with Gasteiger partial charge in [0.1, 0.15) is 22.1 Å². The zero-order valence-electron chi connectivity index (χ0n) is 17.3. The number of allylic oxidation sites excluding steroid dienone is 1. The molecule has 7 nitrogen and oxygen atoms in total. The van der Waals surface area contributed by atoms with Gasteiger partial charge < -0.3 is 18.4 Å². The number of hydrogen-bond acceptors (Lipinski definition) is 7. The van der Waals surface area contributed by atoms with Crippen LogP contribution in [0.2, 0.25) is 5.02 Å². The first-order valence-electron chi connectivity index (χ1n) is 9.92. The highest BCUT2D eigenvalue weighted by Gasteiger charge is 2.29. The largest absolute Gasteiger partial charge is 0.467 e. The molecular formula is C24H17ClO7S. The third kappa shape index (κ3) is 4.20. The minimum atomic E-state index is -4.04. The fraction of sp³-hybridized carbons (Fsp3) is 0.125. The predicted octanol–water partition coefficient (Wildman–Crippen LogP) is 4.90. The third-order valence-electron chi connectivity index (χ3n) is 5.15. The molecule has 0 aromatic heterocycles. The van der Waals surface area contributed by atoms with E-state index in [0.29, 0.717) is 28.5 Å². The highest BCUT2D eigenvalue weighted by Crippen LogP contribution is 2.38. The Hall–Kier alpha value is -3.33. The molecule has 168 valence electrons. The van der Waals surface area contributed by atoms with Crippen molar-refractivity contribution in [2.24, 2.45) is 0 Å². The Balaban J connectivity index is 1.43. The average molecular weight is 485 g/mol. The van der Waals surface area contributed by atoms with E-state index >= 15 is 0 Å². The van der Waals surface area contributed by atoms with E-state index in [1.807, 2.05) is 6.92 Å². The number of hydrogen-bond donors (Lipinski definition) is 0. The molecule has 0 aliphatic carbocycles. The number of carbonyl (C=O) groups excluding carboxylic acids is 1.